The molecule has 2 fully saturated rings. The van der Waals surface area contributed by atoms with Crippen LogP contribution in [0.25, 0.3) is 0 Å². The van der Waals surface area contributed by atoms with Gasteiger partial charge >= 0.3 is 4.87 Å². The van der Waals surface area contributed by atoms with E-state index in [2.05, 4.69) is 9.88 Å². The van der Waals surface area contributed by atoms with E-state index in [1.54, 1.807) is 0 Å². The molecular weight excluding hydrogens is 224 g/mol. The molecule has 0 saturated carbocycles. The first-order valence-electron chi connectivity index (χ1n) is 5.66. The number of Topliss-reactive ketones (excluding diaryl/α,β-unsaturated/α-hetero) is 1. The topological polar surface area (TPSA) is 53.2 Å². The van der Waals surface area contributed by atoms with Gasteiger partial charge < -0.3 is 4.98 Å². The molecule has 1 N–H and O–H groups in total. The summed E-state index contributed by atoms with van der Waals surface area (Å²) in [6, 6.07) is 0.823. The Labute approximate surface area is 97.3 Å². The molecule has 2 bridgehead atoms. The van der Waals surface area contributed by atoms with Gasteiger partial charge in [-0.2, -0.15) is 0 Å². The Morgan fingerprint density at radius 1 is 1.31 bits per heavy atom. The van der Waals surface area contributed by atoms with E-state index in [-0.39, 0.29) is 4.87 Å². The summed E-state index contributed by atoms with van der Waals surface area (Å²) in [6.45, 7) is 0.793. The summed E-state index contributed by atoms with van der Waals surface area (Å²) >= 11 is 1.21. The maximum atomic E-state index is 11.4. The van der Waals surface area contributed by atoms with Crippen LogP contribution in [-0.4, -0.2) is 27.8 Å². The van der Waals surface area contributed by atoms with Crippen molar-refractivity contribution in [1.29, 1.82) is 0 Å². The third-order valence-electron chi connectivity index (χ3n) is 3.62. The molecule has 3 heterocycles. The second kappa shape index (κ2) is 3.82. The van der Waals surface area contributed by atoms with Gasteiger partial charge in [0.05, 0.1) is 0 Å². The fourth-order valence-corrected chi connectivity index (χ4v) is 3.48. The van der Waals surface area contributed by atoms with Gasteiger partial charge in [-0.25, -0.2) is 0 Å². The predicted octanol–water partition coefficient (Wildman–Crippen LogP) is 1.13. The number of carbonyl (C=O) groups excluding carboxylic acids is 1. The van der Waals surface area contributed by atoms with Crippen LogP contribution in [0.1, 0.15) is 31.4 Å². The van der Waals surface area contributed by atoms with Crippen LogP contribution in [-0.2, 0) is 11.3 Å². The fraction of sp³-hybridized carbons (Fsp3) is 0.636. The molecule has 0 radical (unpaired) electrons. The second-order valence-electron chi connectivity index (χ2n) is 4.68. The molecule has 1 aromatic rings. The monoisotopic (exact) mass is 238 g/mol. The molecule has 4 nitrogen and oxygen atoms in total. The third-order valence-corrected chi connectivity index (χ3v) is 4.34. The van der Waals surface area contributed by atoms with Crippen LogP contribution in [0.2, 0.25) is 0 Å². The lowest BCUT2D eigenvalue weighted by Crippen LogP contribution is -2.42. The van der Waals surface area contributed by atoms with Gasteiger partial charge in [-0.1, -0.05) is 11.3 Å². The molecule has 2 aliphatic heterocycles. The fourth-order valence-electron chi connectivity index (χ4n) is 2.91. The maximum absolute atomic E-state index is 11.4. The van der Waals surface area contributed by atoms with E-state index in [1.807, 2.05) is 5.38 Å². The Bertz CT molecular complexity index is 449. The summed E-state index contributed by atoms with van der Waals surface area (Å²) in [5, 5.41) is 1.89. The number of carbonyl (C=O) groups is 1. The molecule has 2 unspecified atom stereocenters. The smallest absolute Gasteiger partial charge is 0.304 e. The van der Waals surface area contributed by atoms with Crippen LogP contribution < -0.4 is 4.87 Å². The number of hydrogen-bond acceptors (Lipinski definition) is 4. The summed E-state index contributed by atoms with van der Waals surface area (Å²) in [6.07, 6.45) is 3.66. The third kappa shape index (κ3) is 1.74. The number of rotatable bonds is 2. The van der Waals surface area contributed by atoms with E-state index >= 15 is 0 Å². The molecule has 2 atom stereocenters. The van der Waals surface area contributed by atoms with E-state index < -0.39 is 0 Å². The molecule has 0 amide bonds. The number of fused-ring (bicyclic) bond motifs is 2. The van der Waals surface area contributed by atoms with E-state index in [9.17, 15) is 9.59 Å². The van der Waals surface area contributed by atoms with Crippen molar-refractivity contribution in [2.45, 2.75) is 44.3 Å². The lowest BCUT2D eigenvalue weighted by atomic mass is 10.0. The number of aromatic nitrogens is 1. The molecule has 16 heavy (non-hydrogen) atoms. The first kappa shape index (κ1) is 10.2. The zero-order valence-electron chi connectivity index (χ0n) is 8.94. The van der Waals surface area contributed by atoms with Gasteiger partial charge in [-0.3, -0.25) is 14.5 Å². The average Bonchev–Trinajstić information content (AvgIpc) is 2.72. The van der Waals surface area contributed by atoms with Gasteiger partial charge in [-0.05, 0) is 12.8 Å². The Morgan fingerprint density at radius 3 is 2.56 bits per heavy atom. The number of aromatic amines is 1. The van der Waals surface area contributed by atoms with Crippen LogP contribution in [0.4, 0.5) is 0 Å². The summed E-state index contributed by atoms with van der Waals surface area (Å²) < 4.78 is 0. The zero-order valence-corrected chi connectivity index (χ0v) is 9.76. The highest BCUT2D eigenvalue weighted by Crippen LogP contribution is 2.34. The quantitative estimate of drug-likeness (QED) is 0.840. The van der Waals surface area contributed by atoms with Gasteiger partial charge in [0.25, 0.3) is 0 Å². The predicted molar refractivity (Wildman–Crippen MR) is 61.5 cm³/mol. The van der Waals surface area contributed by atoms with E-state index in [0.717, 1.165) is 25.1 Å². The van der Waals surface area contributed by atoms with E-state index in [0.29, 0.717) is 30.7 Å². The number of ketones is 1. The maximum Gasteiger partial charge on any atom is 0.304 e. The summed E-state index contributed by atoms with van der Waals surface area (Å²) in [5.74, 6) is 0.405. The van der Waals surface area contributed by atoms with Crippen LogP contribution in [0.15, 0.2) is 10.2 Å². The van der Waals surface area contributed by atoms with Crippen molar-refractivity contribution in [2.75, 3.05) is 0 Å². The van der Waals surface area contributed by atoms with Crippen LogP contribution in [0.3, 0.4) is 0 Å². The minimum atomic E-state index is 0.00966. The number of nitrogens with one attached hydrogen (secondary N) is 1. The molecule has 0 spiro atoms. The summed E-state index contributed by atoms with van der Waals surface area (Å²) in [5.41, 5.74) is 0.987. The minimum absolute atomic E-state index is 0.00966. The Balaban J connectivity index is 1.76. The largest absolute Gasteiger partial charge is 0.315 e. The highest BCUT2D eigenvalue weighted by Gasteiger charge is 2.39. The lowest BCUT2D eigenvalue weighted by molar-refractivity contribution is -0.123. The highest BCUT2D eigenvalue weighted by molar-refractivity contribution is 7.07. The minimum Gasteiger partial charge on any atom is -0.315 e. The van der Waals surface area contributed by atoms with Gasteiger partial charge in [-0.15, -0.1) is 0 Å². The van der Waals surface area contributed by atoms with Gasteiger partial charge in [0, 0.05) is 42.5 Å². The number of piperidine rings is 1. The molecule has 1 aromatic heterocycles. The van der Waals surface area contributed by atoms with Crippen LogP contribution >= 0.6 is 11.3 Å². The molecular formula is C11H14N2O2S. The number of H-pyrrole nitrogens is 1. The number of nitrogens with zero attached hydrogens (tertiary/aromatic N) is 1. The molecule has 3 rings (SSSR count). The Morgan fingerprint density at radius 2 is 2.00 bits per heavy atom. The second-order valence-corrected chi connectivity index (χ2v) is 5.52. The van der Waals surface area contributed by atoms with Crippen molar-refractivity contribution in [2.24, 2.45) is 0 Å². The molecule has 2 saturated heterocycles. The van der Waals surface area contributed by atoms with Gasteiger partial charge in [0.15, 0.2) is 0 Å². The van der Waals surface area contributed by atoms with Crippen LogP contribution in [0.5, 0.6) is 0 Å². The Kier molecular flexibility index (Phi) is 2.44. The zero-order chi connectivity index (χ0) is 11.1. The molecule has 5 heteroatoms. The molecule has 0 aromatic carbocycles. The SMILES string of the molecule is O=C1CC2CCC(C1)N2Cc1csc(=O)[nH]1. The van der Waals surface area contributed by atoms with Crippen LogP contribution in [0, 0.1) is 0 Å². The van der Waals surface area contributed by atoms with Gasteiger partial charge in [0.1, 0.15) is 5.78 Å². The lowest BCUT2D eigenvalue weighted by Gasteiger charge is -2.33. The first-order valence-corrected chi connectivity index (χ1v) is 6.54. The average molecular weight is 238 g/mol. The van der Waals surface area contributed by atoms with Crippen molar-refractivity contribution < 1.29 is 4.79 Å². The van der Waals surface area contributed by atoms with Gasteiger partial charge in [0.2, 0.25) is 0 Å². The van der Waals surface area contributed by atoms with Crippen molar-refractivity contribution in [3.63, 3.8) is 0 Å². The van der Waals surface area contributed by atoms with E-state index in [4.69, 9.17) is 0 Å². The molecule has 2 aliphatic rings. The standard InChI is InChI=1S/C11H14N2O2S/c14-10-3-8-1-2-9(4-10)13(8)5-7-6-16-11(15)12-7/h6,8-9H,1-5H2,(H,12,15). The van der Waals surface area contributed by atoms with Crippen molar-refractivity contribution >= 4 is 17.1 Å². The summed E-state index contributed by atoms with van der Waals surface area (Å²) in [4.78, 5) is 27.7. The van der Waals surface area contributed by atoms with Crippen molar-refractivity contribution in [3.8, 4) is 0 Å². The molecule has 86 valence electrons. The first-order chi connectivity index (χ1) is 7.72. The summed E-state index contributed by atoms with van der Waals surface area (Å²) in [7, 11) is 0. The number of thiazole rings is 1. The van der Waals surface area contributed by atoms with Crippen molar-refractivity contribution in [3.05, 3.63) is 20.7 Å². The molecule has 0 aliphatic carbocycles. The van der Waals surface area contributed by atoms with E-state index in [1.165, 1.54) is 11.3 Å². The van der Waals surface area contributed by atoms with Crippen molar-refractivity contribution in [1.82, 2.24) is 9.88 Å². The number of hydrogen-bond donors (Lipinski definition) is 1. The normalized spacial score (nSPS) is 29.9. The Hall–Kier alpha value is -0.940. The highest BCUT2D eigenvalue weighted by atomic mass is 32.1.